The molecule has 6 N–H and O–H groups in total. The minimum Gasteiger partial charge on any atom is -0.480 e. The molecule has 0 spiro atoms. The summed E-state index contributed by atoms with van der Waals surface area (Å²) in [5, 5.41) is 17.0. The highest BCUT2D eigenvalue weighted by atomic mass is 16.4. The second kappa shape index (κ2) is 5.60. The Hall–Kier alpha value is -1.92. The Labute approximate surface area is 117 Å². The van der Waals surface area contributed by atoms with E-state index < -0.39 is 23.0 Å². The number of rotatable bonds is 2. The number of hydrogen-bond donors (Lipinski definition) is 4. The molecule has 0 saturated carbocycles. The predicted molar refractivity (Wildman–Crippen MR) is 74.3 cm³/mol. The van der Waals surface area contributed by atoms with Gasteiger partial charge in [-0.05, 0) is 25.0 Å². The van der Waals surface area contributed by atoms with Crippen molar-refractivity contribution in [2.24, 2.45) is 11.5 Å². The Kier molecular flexibility index (Phi) is 4.52. The van der Waals surface area contributed by atoms with Crippen LogP contribution in [0.4, 0.5) is 0 Å². The highest BCUT2D eigenvalue weighted by Gasteiger charge is 2.39. The summed E-state index contributed by atoms with van der Waals surface area (Å²) < 4.78 is 0. The van der Waals surface area contributed by atoms with Gasteiger partial charge in [0.25, 0.3) is 0 Å². The molecule has 2 rings (SSSR count). The van der Waals surface area contributed by atoms with E-state index in [9.17, 15) is 9.59 Å². The summed E-state index contributed by atoms with van der Waals surface area (Å²) >= 11 is 0. The summed E-state index contributed by atoms with van der Waals surface area (Å²) in [6.07, 6.45) is 0.886. The lowest BCUT2D eigenvalue weighted by Crippen LogP contribution is -2.48. The highest BCUT2D eigenvalue weighted by molar-refractivity contribution is 5.81. The van der Waals surface area contributed by atoms with Gasteiger partial charge in [0.05, 0.1) is 0 Å². The maximum Gasteiger partial charge on any atom is 0.324 e. The summed E-state index contributed by atoms with van der Waals surface area (Å²) in [5.74, 6) is -1.89. The number of fused-ring (bicyclic) bond motifs is 1. The van der Waals surface area contributed by atoms with Crippen LogP contribution in [0.2, 0.25) is 0 Å². The average Bonchev–Trinajstić information content (AvgIpc) is 2.66. The summed E-state index contributed by atoms with van der Waals surface area (Å²) in [6.45, 7) is 2.88. The van der Waals surface area contributed by atoms with E-state index in [1.54, 1.807) is 0 Å². The van der Waals surface area contributed by atoms with Gasteiger partial charge in [-0.2, -0.15) is 0 Å². The van der Waals surface area contributed by atoms with Crippen molar-refractivity contribution >= 4 is 11.9 Å². The molecule has 0 amide bonds. The molecule has 1 aliphatic carbocycles. The van der Waals surface area contributed by atoms with Gasteiger partial charge in [0, 0.05) is 12.8 Å². The van der Waals surface area contributed by atoms with Crippen LogP contribution in [0.1, 0.15) is 25.0 Å². The van der Waals surface area contributed by atoms with Crippen LogP contribution in [0.15, 0.2) is 24.3 Å². The van der Waals surface area contributed by atoms with Gasteiger partial charge < -0.3 is 21.7 Å². The fourth-order valence-corrected chi connectivity index (χ4v) is 1.80. The van der Waals surface area contributed by atoms with Crippen molar-refractivity contribution in [2.75, 3.05) is 0 Å². The third-order valence-corrected chi connectivity index (χ3v) is 3.11. The van der Waals surface area contributed by atoms with Gasteiger partial charge in [-0.3, -0.25) is 9.59 Å². The standard InChI is InChI=1S/C10H11NO2.C4H9NO2/c11-10(9(12)13)5-7-3-1-2-4-8(7)6-10;1-4(2,5)3(6)7/h1-4H,5-6,11H2,(H,12,13);5H2,1-2H3,(H,6,7). The number of hydrogen-bond acceptors (Lipinski definition) is 4. The Morgan fingerprint density at radius 1 is 1.15 bits per heavy atom. The van der Waals surface area contributed by atoms with Crippen LogP contribution >= 0.6 is 0 Å². The van der Waals surface area contributed by atoms with Crippen molar-refractivity contribution in [1.82, 2.24) is 0 Å². The van der Waals surface area contributed by atoms with Crippen LogP contribution in [-0.4, -0.2) is 33.2 Å². The first-order valence-electron chi connectivity index (χ1n) is 6.17. The fraction of sp³-hybridized carbons (Fsp3) is 0.429. The van der Waals surface area contributed by atoms with Gasteiger partial charge in [-0.1, -0.05) is 24.3 Å². The van der Waals surface area contributed by atoms with E-state index in [1.807, 2.05) is 24.3 Å². The Bertz CT molecular complexity index is 495. The molecule has 0 unspecified atom stereocenters. The van der Waals surface area contributed by atoms with E-state index in [1.165, 1.54) is 13.8 Å². The third-order valence-electron chi connectivity index (χ3n) is 3.11. The Balaban J connectivity index is 0.000000246. The summed E-state index contributed by atoms with van der Waals surface area (Å²) in [5.41, 5.74) is 10.8. The molecule has 1 aliphatic rings. The van der Waals surface area contributed by atoms with Gasteiger partial charge in [0.2, 0.25) is 0 Å². The number of carboxylic acid groups (broad SMARTS) is 2. The number of benzene rings is 1. The monoisotopic (exact) mass is 280 g/mol. The SMILES string of the molecule is CC(C)(N)C(=O)O.NC1(C(=O)O)Cc2ccccc2C1. The summed E-state index contributed by atoms with van der Waals surface area (Å²) in [7, 11) is 0. The van der Waals surface area contributed by atoms with Crippen LogP contribution in [0.5, 0.6) is 0 Å². The Morgan fingerprint density at radius 2 is 1.50 bits per heavy atom. The summed E-state index contributed by atoms with van der Waals surface area (Å²) in [4.78, 5) is 20.8. The molecule has 0 heterocycles. The van der Waals surface area contributed by atoms with Crippen molar-refractivity contribution in [2.45, 2.75) is 37.8 Å². The zero-order valence-electron chi connectivity index (χ0n) is 11.6. The van der Waals surface area contributed by atoms with Crippen LogP contribution in [0, 0.1) is 0 Å². The second-order valence-electron chi connectivity index (χ2n) is 5.61. The highest BCUT2D eigenvalue weighted by Crippen LogP contribution is 2.28. The van der Waals surface area contributed by atoms with Crippen LogP contribution < -0.4 is 11.5 Å². The van der Waals surface area contributed by atoms with E-state index in [0.717, 1.165) is 11.1 Å². The van der Waals surface area contributed by atoms with Crippen molar-refractivity contribution in [3.8, 4) is 0 Å². The number of carboxylic acids is 2. The zero-order chi connectivity index (χ0) is 15.6. The average molecular weight is 280 g/mol. The van der Waals surface area contributed by atoms with Gasteiger partial charge in [-0.25, -0.2) is 0 Å². The fourth-order valence-electron chi connectivity index (χ4n) is 1.80. The van der Waals surface area contributed by atoms with Crippen molar-refractivity contribution in [1.29, 1.82) is 0 Å². The maximum absolute atomic E-state index is 10.9. The number of nitrogens with two attached hydrogens (primary N) is 2. The first-order valence-corrected chi connectivity index (χ1v) is 6.17. The van der Waals surface area contributed by atoms with E-state index in [-0.39, 0.29) is 0 Å². The molecule has 0 fully saturated rings. The molecule has 0 saturated heterocycles. The molecule has 6 heteroatoms. The van der Waals surface area contributed by atoms with Gasteiger partial charge in [0.15, 0.2) is 0 Å². The minimum atomic E-state index is -1.08. The second-order valence-corrected chi connectivity index (χ2v) is 5.61. The largest absolute Gasteiger partial charge is 0.480 e. The Morgan fingerprint density at radius 3 is 1.75 bits per heavy atom. The molecule has 0 radical (unpaired) electrons. The van der Waals surface area contributed by atoms with Crippen LogP contribution in [0.25, 0.3) is 0 Å². The van der Waals surface area contributed by atoms with Crippen LogP contribution in [-0.2, 0) is 22.4 Å². The molecule has 1 aromatic rings. The minimum absolute atomic E-state index is 0.443. The molecule has 0 atom stereocenters. The number of carbonyl (C=O) groups is 2. The van der Waals surface area contributed by atoms with E-state index in [4.69, 9.17) is 21.7 Å². The topological polar surface area (TPSA) is 127 Å². The smallest absolute Gasteiger partial charge is 0.324 e. The molecular weight excluding hydrogens is 260 g/mol. The first kappa shape index (κ1) is 16.1. The quantitative estimate of drug-likeness (QED) is 0.620. The third kappa shape index (κ3) is 3.79. The van der Waals surface area contributed by atoms with Gasteiger partial charge in [0.1, 0.15) is 11.1 Å². The molecule has 0 bridgehead atoms. The maximum atomic E-state index is 10.9. The van der Waals surface area contributed by atoms with Crippen molar-refractivity contribution < 1.29 is 19.8 Å². The molecular formula is C14H20N2O4. The summed E-state index contributed by atoms with van der Waals surface area (Å²) in [6, 6.07) is 7.69. The van der Waals surface area contributed by atoms with Crippen LogP contribution in [0.3, 0.4) is 0 Å². The van der Waals surface area contributed by atoms with E-state index >= 15 is 0 Å². The van der Waals surface area contributed by atoms with Crippen molar-refractivity contribution in [3.05, 3.63) is 35.4 Å². The molecule has 20 heavy (non-hydrogen) atoms. The first-order chi connectivity index (χ1) is 9.06. The molecule has 6 nitrogen and oxygen atoms in total. The lowest BCUT2D eigenvalue weighted by atomic mass is 9.98. The molecule has 0 aromatic heterocycles. The molecule has 110 valence electrons. The van der Waals surface area contributed by atoms with Crippen molar-refractivity contribution in [3.63, 3.8) is 0 Å². The number of aliphatic carboxylic acids is 2. The van der Waals surface area contributed by atoms with Gasteiger partial charge in [-0.15, -0.1) is 0 Å². The molecule has 1 aromatic carbocycles. The lowest BCUT2D eigenvalue weighted by Gasteiger charge is -2.16. The van der Waals surface area contributed by atoms with Gasteiger partial charge >= 0.3 is 11.9 Å². The predicted octanol–water partition coefficient (Wildman–Crippen LogP) is 0.376. The van der Waals surface area contributed by atoms with E-state index in [2.05, 4.69) is 0 Å². The molecule has 0 aliphatic heterocycles. The normalized spacial score (nSPS) is 15.8. The zero-order valence-corrected chi connectivity index (χ0v) is 11.6. The van der Waals surface area contributed by atoms with E-state index in [0.29, 0.717) is 12.8 Å². The lowest BCUT2D eigenvalue weighted by molar-refractivity contribution is -0.143.